The van der Waals surface area contributed by atoms with E-state index in [1.54, 1.807) is 60.7 Å². The van der Waals surface area contributed by atoms with E-state index in [0.29, 0.717) is 22.6 Å². The van der Waals surface area contributed by atoms with Crippen molar-refractivity contribution in [1.29, 1.82) is 0 Å². The zero-order valence-electron chi connectivity index (χ0n) is 14.5. The zero-order chi connectivity index (χ0) is 19.2. The lowest BCUT2D eigenvalue weighted by Crippen LogP contribution is -2.14. The van der Waals surface area contributed by atoms with Crippen molar-refractivity contribution in [3.63, 3.8) is 0 Å². The molecule has 0 saturated heterocycles. The number of hydrogen-bond donors (Lipinski definition) is 3. The van der Waals surface area contributed by atoms with Gasteiger partial charge in [-0.15, -0.1) is 0 Å². The highest BCUT2D eigenvalue weighted by atomic mass is 16.3. The fraction of sp³-hybridized carbons (Fsp3) is 0.0500. The third kappa shape index (κ3) is 4.82. The van der Waals surface area contributed by atoms with Gasteiger partial charge in [-0.2, -0.15) is 0 Å². The summed E-state index contributed by atoms with van der Waals surface area (Å²) in [7, 11) is 0. The smallest absolute Gasteiger partial charge is 0.291 e. The van der Waals surface area contributed by atoms with Crippen molar-refractivity contribution >= 4 is 34.8 Å². The molecular formula is C20H17N3O4. The number of nitrogens with one attached hydrogen (secondary N) is 3. The molecule has 1 aromatic heterocycles. The number of rotatable bonds is 5. The van der Waals surface area contributed by atoms with Crippen molar-refractivity contribution in [3.05, 3.63) is 78.3 Å². The maximum atomic E-state index is 12.4. The predicted octanol–water partition coefficient (Wildman–Crippen LogP) is 3.74. The average Bonchev–Trinajstić information content (AvgIpc) is 3.17. The van der Waals surface area contributed by atoms with Crippen LogP contribution in [0.2, 0.25) is 0 Å². The lowest BCUT2D eigenvalue weighted by Gasteiger charge is -2.09. The van der Waals surface area contributed by atoms with Gasteiger partial charge in [-0.1, -0.05) is 6.07 Å². The van der Waals surface area contributed by atoms with E-state index in [-0.39, 0.29) is 23.5 Å². The number of amides is 3. The Labute approximate surface area is 155 Å². The van der Waals surface area contributed by atoms with E-state index >= 15 is 0 Å². The first-order valence-electron chi connectivity index (χ1n) is 8.15. The number of carbonyl (C=O) groups is 3. The summed E-state index contributed by atoms with van der Waals surface area (Å²) < 4.78 is 5.05. The summed E-state index contributed by atoms with van der Waals surface area (Å²) in [5.74, 6) is -0.666. The van der Waals surface area contributed by atoms with Crippen molar-refractivity contribution in [3.8, 4) is 0 Å². The van der Waals surface area contributed by atoms with Gasteiger partial charge in [-0.25, -0.2) is 0 Å². The van der Waals surface area contributed by atoms with Crippen molar-refractivity contribution in [2.75, 3.05) is 16.0 Å². The molecule has 0 unspecified atom stereocenters. The number of furan rings is 1. The Morgan fingerprint density at radius 1 is 0.741 bits per heavy atom. The second-order valence-electron chi connectivity index (χ2n) is 5.72. The van der Waals surface area contributed by atoms with Crippen LogP contribution in [0.3, 0.4) is 0 Å². The monoisotopic (exact) mass is 363 g/mol. The Kier molecular flexibility index (Phi) is 5.32. The van der Waals surface area contributed by atoms with E-state index in [0.717, 1.165) is 0 Å². The summed E-state index contributed by atoms with van der Waals surface area (Å²) in [6.45, 7) is 1.41. The zero-order valence-corrected chi connectivity index (χ0v) is 14.5. The standard InChI is InChI=1S/C20H17N3O4/c1-13(24)21-15-9-7-14(8-10-15)19(25)22-16-4-2-5-17(12-16)23-20(26)18-6-3-11-27-18/h2-12H,1H3,(H,21,24)(H,22,25)(H,23,26). The first-order valence-corrected chi connectivity index (χ1v) is 8.15. The van der Waals surface area contributed by atoms with E-state index in [1.807, 2.05) is 0 Å². The highest BCUT2D eigenvalue weighted by Crippen LogP contribution is 2.18. The summed E-state index contributed by atoms with van der Waals surface area (Å²) in [6.07, 6.45) is 1.42. The molecule has 0 bridgehead atoms. The topological polar surface area (TPSA) is 100 Å². The first kappa shape index (κ1) is 17.9. The molecule has 0 aliphatic carbocycles. The van der Waals surface area contributed by atoms with Crippen LogP contribution in [0.15, 0.2) is 71.3 Å². The Bertz CT molecular complexity index is 963. The van der Waals surface area contributed by atoms with Gasteiger partial charge in [-0.3, -0.25) is 14.4 Å². The molecule has 0 fully saturated rings. The molecule has 3 rings (SSSR count). The SMILES string of the molecule is CC(=O)Nc1ccc(C(=O)Nc2cccc(NC(=O)c3ccco3)c2)cc1. The number of anilines is 3. The van der Waals surface area contributed by atoms with Crippen LogP contribution in [-0.4, -0.2) is 17.7 Å². The summed E-state index contributed by atoms with van der Waals surface area (Å²) in [5, 5.41) is 8.10. The average molecular weight is 363 g/mol. The largest absolute Gasteiger partial charge is 0.459 e. The molecule has 7 heteroatoms. The third-order valence-electron chi connectivity index (χ3n) is 3.59. The summed E-state index contributed by atoms with van der Waals surface area (Å²) in [5.41, 5.74) is 2.11. The molecule has 7 nitrogen and oxygen atoms in total. The van der Waals surface area contributed by atoms with Gasteiger partial charge in [0.05, 0.1) is 6.26 Å². The minimum atomic E-state index is -0.378. The molecular weight excluding hydrogens is 346 g/mol. The summed E-state index contributed by atoms with van der Waals surface area (Å²) in [6, 6.07) is 16.5. The van der Waals surface area contributed by atoms with Crippen LogP contribution < -0.4 is 16.0 Å². The van der Waals surface area contributed by atoms with E-state index < -0.39 is 0 Å². The lowest BCUT2D eigenvalue weighted by molar-refractivity contribution is -0.114. The van der Waals surface area contributed by atoms with Gasteiger partial charge < -0.3 is 20.4 Å². The Balaban J connectivity index is 1.66. The number of hydrogen-bond acceptors (Lipinski definition) is 4. The van der Waals surface area contributed by atoms with Gasteiger partial charge in [0.1, 0.15) is 0 Å². The molecule has 3 amide bonds. The minimum Gasteiger partial charge on any atom is -0.459 e. The molecule has 0 aliphatic heterocycles. The van der Waals surface area contributed by atoms with Gasteiger partial charge in [0.2, 0.25) is 5.91 Å². The molecule has 1 heterocycles. The van der Waals surface area contributed by atoms with Crippen LogP contribution in [0.4, 0.5) is 17.1 Å². The van der Waals surface area contributed by atoms with Gasteiger partial charge in [0.25, 0.3) is 11.8 Å². The van der Waals surface area contributed by atoms with E-state index in [9.17, 15) is 14.4 Å². The normalized spacial score (nSPS) is 10.1. The highest BCUT2D eigenvalue weighted by molar-refractivity contribution is 6.06. The summed E-state index contributed by atoms with van der Waals surface area (Å²) >= 11 is 0. The van der Waals surface area contributed by atoms with Crippen LogP contribution >= 0.6 is 0 Å². The minimum absolute atomic E-state index is 0.180. The second-order valence-corrected chi connectivity index (χ2v) is 5.72. The van der Waals surface area contributed by atoms with Gasteiger partial charge in [0, 0.05) is 29.5 Å². The number of benzene rings is 2. The molecule has 27 heavy (non-hydrogen) atoms. The van der Waals surface area contributed by atoms with Crippen molar-refractivity contribution < 1.29 is 18.8 Å². The Hall–Kier alpha value is -3.87. The van der Waals surface area contributed by atoms with Crippen LogP contribution in [0.5, 0.6) is 0 Å². The molecule has 0 radical (unpaired) electrons. The maximum Gasteiger partial charge on any atom is 0.291 e. The fourth-order valence-electron chi connectivity index (χ4n) is 2.39. The maximum absolute atomic E-state index is 12.4. The van der Waals surface area contributed by atoms with Crippen molar-refractivity contribution in [1.82, 2.24) is 0 Å². The third-order valence-corrected chi connectivity index (χ3v) is 3.59. The molecule has 2 aromatic carbocycles. The van der Waals surface area contributed by atoms with Crippen molar-refractivity contribution in [2.24, 2.45) is 0 Å². The van der Waals surface area contributed by atoms with Crippen LogP contribution in [0, 0.1) is 0 Å². The van der Waals surface area contributed by atoms with E-state index in [1.165, 1.54) is 13.2 Å². The lowest BCUT2D eigenvalue weighted by atomic mass is 10.2. The molecule has 0 saturated carbocycles. The molecule has 0 spiro atoms. The van der Waals surface area contributed by atoms with Crippen LogP contribution in [-0.2, 0) is 4.79 Å². The summed E-state index contributed by atoms with van der Waals surface area (Å²) in [4.78, 5) is 35.4. The fourth-order valence-corrected chi connectivity index (χ4v) is 2.39. The Morgan fingerprint density at radius 3 is 2.00 bits per heavy atom. The predicted molar refractivity (Wildman–Crippen MR) is 102 cm³/mol. The van der Waals surface area contributed by atoms with Crippen LogP contribution in [0.1, 0.15) is 27.8 Å². The first-order chi connectivity index (χ1) is 13.0. The van der Waals surface area contributed by atoms with E-state index in [4.69, 9.17) is 4.42 Å². The van der Waals surface area contributed by atoms with Crippen LogP contribution in [0.25, 0.3) is 0 Å². The molecule has 3 aromatic rings. The Morgan fingerprint density at radius 2 is 1.41 bits per heavy atom. The quantitative estimate of drug-likeness (QED) is 0.643. The molecule has 0 atom stereocenters. The highest BCUT2D eigenvalue weighted by Gasteiger charge is 2.10. The van der Waals surface area contributed by atoms with Gasteiger partial charge >= 0.3 is 0 Å². The van der Waals surface area contributed by atoms with Gasteiger partial charge in [-0.05, 0) is 54.6 Å². The second kappa shape index (κ2) is 8.01. The van der Waals surface area contributed by atoms with E-state index in [2.05, 4.69) is 16.0 Å². The molecule has 136 valence electrons. The molecule has 0 aliphatic rings. The van der Waals surface area contributed by atoms with Gasteiger partial charge in [0.15, 0.2) is 5.76 Å². The molecule has 3 N–H and O–H groups in total. The number of carbonyl (C=O) groups excluding carboxylic acids is 3. The van der Waals surface area contributed by atoms with Crippen molar-refractivity contribution in [2.45, 2.75) is 6.92 Å².